The van der Waals surface area contributed by atoms with E-state index in [1.807, 2.05) is 0 Å². The molecule has 3 heterocycles. The number of alkyl halides is 4. The molecule has 192 valence electrons. The summed E-state index contributed by atoms with van der Waals surface area (Å²) in [6.45, 7) is 4.59. The van der Waals surface area contributed by atoms with E-state index in [4.69, 9.17) is 5.73 Å². The van der Waals surface area contributed by atoms with Gasteiger partial charge in [-0.1, -0.05) is 13.8 Å². The number of fused-ring (bicyclic) bond motifs is 1. The van der Waals surface area contributed by atoms with Gasteiger partial charge in [0.25, 0.3) is 5.91 Å². The van der Waals surface area contributed by atoms with Crippen LogP contribution in [0.4, 0.5) is 27.8 Å². The molecule has 1 aliphatic heterocycles. The number of nitrogens with zero attached hydrogens (tertiary/aromatic N) is 4. The minimum atomic E-state index is -4.83. The lowest BCUT2D eigenvalue weighted by atomic mass is 10.0. The Morgan fingerprint density at radius 2 is 1.89 bits per heavy atom. The van der Waals surface area contributed by atoms with Crippen LogP contribution in [0.2, 0.25) is 0 Å². The summed E-state index contributed by atoms with van der Waals surface area (Å²) in [5.41, 5.74) is 3.41. The Bertz CT molecular complexity index is 1350. The molecule has 13 heteroatoms. The largest absolute Gasteiger partial charge is 0.418 e. The van der Waals surface area contributed by atoms with Gasteiger partial charge in [0.15, 0.2) is 5.82 Å². The van der Waals surface area contributed by atoms with Crippen LogP contribution in [0.5, 0.6) is 0 Å². The fraction of sp³-hybridized carbons (Fsp3) is 0.391. The summed E-state index contributed by atoms with van der Waals surface area (Å²) < 4.78 is 71.3. The minimum absolute atomic E-state index is 0.0362. The number of rotatable bonds is 4. The van der Waals surface area contributed by atoms with Gasteiger partial charge in [0.05, 0.1) is 23.8 Å². The molecule has 1 saturated heterocycles. The van der Waals surface area contributed by atoms with Gasteiger partial charge < -0.3 is 16.0 Å². The maximum atomic E-state index is 15.0. The van der Waals surface area contributed by atoms with E-state index in [9.17, 15) is 31.5 Å². The Hall–Kier alpha value is -3.77. The van der Waals surface area contributed by atoms with Gasteiger partial charge in [-0.15, -0.1) is 0 Å². The van der Waals surface area contributed by atoms with Gasteiger partial charge in [0.1, 0.15) is 23.8 Å². The molecule has 1 fully saturated rings. The van der Waals surface area contributed by atoms with Crippen LogP contribution in [0, 0.1) is 18.7 Å². The number of nitrogen functional groups attached to an aromatic ring is 1. The highest BCUT2D eigenvalue weighted by Crippen LogP contribution is 2.39. The molecule has 1 aromatic carbocycles. The van der Waals surface area contributed by atoms with E-state index >= 15 is 0 Å². The topological polar surface area (TPSA) is 106 Å². The standard InChI is InChI=1S/C23H23F5N6O2/c1-10(2)22(36)33-7-16(25)17(8-33)32-21(35)12-5-13(15(24)4-11(12)3)18-6-14(23(26,27)28)19-20(29)30-9-31-34(18)19/h4-6,9-10,16-17H,7-8H2,1-3H3,(H,32,35)(H2,29,30,31). The molecule has 0 saturated carbocycles. The average Bonchev–Trinajstić information content (AvgIpc) is 3.35. The maximum Gasteiger partial charge on any atom is 0.418 e. The maximum absolute atomic E-state index is 15.0. The fourth-order valence-corrected chi connectivity index (χ4v) is 4.28. The molecular formula is C23H23F5N6O2. The number of benzene rings is 1. The number of aromatic nitrogens is 3. The van der Waals surface area contributed by atoms with Crippen molar-refractivity contribution in [2.45, 2.75) is 39.2 Å². The van der Waals surface area contributed by atoms with Crippen molar-refractivity contribution < 1.29 is 31.5 Å². The third-order valence-electron chi connectivity index (χ3n) is 6.09. The fourth-order valence-electron chi connectivity index (χ4n) is 4.28. The monoisotopic (exact) mass is 510 g/mol. The van der Waals surface area contributed by atoms with Gasteiger partial charge in [-0.2, -0.15) is 18.3 Å². The summed E-state index contributed by atoms with van der Waals surface area (Å²) in [7, 11) is 0. The van der Waals surface area contributed by atoms with E-state index < -0.39 is 47.0 Å². The molecule has 1 aliphatic rings. The molecule has 3 aromatic rings. The van der Waals surface area contributed by atoms with Crippen molar-refractivity contribution >= 4 is 23.1 Å². The van der Waals surface area contributed by atoms with E-state index in [2.05, 4.69) is 15.4 Å². The quantitative estimate of drug-likeness (QED) is 0.524. The Labute approximate surface area is 202 Å². The van der Waals surface area contributed by atoms with Crippen LogP contribution in [0.25, 0.3) is 16.8 Å². The van der Waals surface area contributed by atoms with E-state index in [1.165, 1.54) is 11.8 Å². The number of carbonyl (C=O) groups excluding carboxylic acids is 2. The minimum Gasteiger partial charge on any atom is -0.382 e. The summed E-state index contributed by atoms with van der Waals surface area (Å²) in [5.74, 6) is -2.70. The lowest BCUT2D eigenvalue weighted by Crippen LogP contribution is -2.42. The Morgan fingerprint density at radius 3 is 2.53 bits per heavy atom. The highest BCUT2D eigenvalue weighted by Gasteiger charge is 2.38. The van der Waals surface area contributed by atoms with Crippen LogP contribution in [0.3, 0.4) is 0 Å². The first-order chi connectivity index (χ1) is 16.8. The number of anilines is 1. The number of nitrogens with two attached hydrogens (primary N) is 1. The molecule has 2 amide bonds. The highest BCUT2D eigenvalue weighted by atomic mass is 19.4. The molecule has 2 aromatic heterocycles. The number of hydrogen-bond donors (Lipinski definition) is 2. The smallest absolute Gasteiger partial charge is 0.382 e. The summed E-state index contributed by atoms with van der Waals surface area (Å²) in [6.07, 6.45) is -5.42. The van der Waals surface area contributed by atoms with Crippen LogP contribution in [-0.4, -0.2) is 56.6 Å². The third-order valence-corrected chi connectivity index (χ3v) is 6.09. The Balaban J connectivity index is 1.71. The molecule has 36 heavy (non-hydrogen) atoms. The first-order valence-corrected chi connectivity index (χ1v) is 11.0. The van der Waals surface area contributed by atoms with Gasteiger partial charge in [-0.25, -0.2) is 18.3 Å². The first kappa shape index (κ1) is 25.3. The van der Waals surface area contributed by atoms with Crippen molar-refractivity contribution in [2.24, 2.45) is 5.92 Å². The van der Waals surface area contributed by atoms with Gasteiger partial charge in [0.2, 0.25) is 5.91 Å². The predicted molar refractivity (Wildman–Crippen MR) is 120 cm³/mol. The molecule has 3 N–H and O–H groups in total. The molecule has 0 aliphatic carbocycles. The second-order valence-corrected chi connectivity index (χ2v) is 8.99. The number of hydrogen-bond acceptors (Lipinski definition) is 5. The van der Waals surface area contributed by atoms with E-state index in [0.717, 1.165) is 23.0 Å². The molecule has 2 unspecified atom stereocenters. The number of aryl methyl sites for hydroxylation is 1. The van der Waals surface area contributed by atoms with Crippen molar-refractivity contribution in [3.8, 4) is 11.3 Å². The van der Waals surface area contributed by atoms with Crippen LogP contribution < -0.4 is 11.1 Å². The lowest BCUT2D eigenvalue weighted by molar-refractivity contribution is -0.136. The van der Waals surface area contributed by atoms with Crippen LogP contribution in [0.1, 0.15) is 35.3 Å². The molecule has 0 spiro atoms. The van der Waals surface area contributed by atoms with Crippen molar-refractivity contribution in [1.82, 2.24) is 24.8 Å². The summed E-state index contributed by atoms with van der Waals surface area (Å²) >= 11 is 0. The molecule has 0 radical (unpaired) electrons. The first-order valence-electron chi connectivity index (χ1n) is 11.0. The molecule has 8 nitrogen and oxygen atoms in total. The number of halogens is 5. The highest BCUT2D eigenvalue weighted by molar-refractivity contribution is 5.97. The van der Waals surface area contributed by atoms with Gasteiger partial charge in [-0.05, 0) is 30.7 Å². The number of amides is 2. The number of nitrogens with one attached hydrogen (secondary N) is 1. The Kier molecular flexibility index (Phi) is 6.35. The van der Waals surface area contributed by atoms with Crippen LogP contribution in [-0.2, 0) is 11.0 Å². The van der Waals surface area contributed by atoms with Crippen LogP contribution >= 0.6 is 0 Å². The van der Waals surface area contributed by atoms with Crippen molar-refractivity contribution in [3.05, 3.63) is 47.0 Å². The number of likely N-dealkylation sites (tertiary alicyclic amines) is 1. The molecule has 2 atom stereocenters. The second kappa shape index (κ2) is 9.03. The predicted octanol–water partition coefficient (Wildman–Crippen LogP) is 3.38. The van der Waals surface area contributed by atoms with Crippen LogP contribution in [0.15, 0.2) is 24.5 Å². The van der Waals surface area contributed by atoms with Crippen molar-refractivity contribution in [1.29, 1.82) is 0 Å². The SMILES string of the molecule is Cc1cc(F)c(-c2cc(C(F)(F)F)c3c(N)ncnn23)cc1C(=O)NC1CN(C(=O)C(C)C)CC1F. The van der Waals surface area contributed by atoms with Crippen molar-refractivity contribution in [3.63, 3.8) is 0 Å². The van der Waals surface area contributed by atoms with Gasteiger partial charge in [0, 0.05) is 23.6 Å². The molecule has 4 rings (SSSR count). The van der Waals surface area contributed by atoms with Crippen molar-refractivity contribution in [2.75, 3.05) is 18.8 Å². The Morgan fingerprint density at radius 1 is 1.19 bits per heavy atom. The number of carbonyl (C=O) groups is 2. The zero-order chi connectivity index (χ0) is 26.5. The summed E-state index contributed by atoms with van der Waals surface area (Å²) in [6, 6.07) is 1.77. The second-order valence-electron chi connectivity index (χ2n) is 8.99. The van der Waals surface area contributed by atoms with E-state index in [-0.39, 0.29) is 47.3 Å². The van der Waals surface area contributed by atoms with E-state index in [1.54, 1.807) is 13.8 Å². The van der Waals surface area contributed by atoms with Gasteiger partial charge >= 0.3 is 6.18 Å². The van der Waals surface area contributed by atoms with Gasteiger partial charge in [-0.3, -0.25) is 9.59 Å². The lowest BCUT2D eigenvalue weighted by Gasteiger charge is -2.19. The zero-order valence-electron chi connectivity index (χ0n) is 19.5. The zero-order valence-corrected chi connectivity index (χ0v) is 19.5. The average molecular weight is 510 g/mol. The molecule has 0 bridgehead atoms. The van der Waals surface area contributed by atoms with E-state index in [0.29, 0.717) is 6.07 Å². The third kappa shape index (κ3) is 4.44. The summed E-state index contributed by atoms with van der Waals surface area (Å²) in [4.78, 5) is 30.1. The normalized spacial score (nSPS) is 18.3. The summed E-state index contributed by atoms with van der Waals surface area (Å²) in [5, 5.41) is 6.31. The molecular weight excluding hydrogens is 487 g/mol.